The van der Waals surface area contributed by atoms with Gasteiger partial charge in [0.05, 0.1) is 0 Å². The number of hydrogen-bond acceptors (Lipinski definition) is 4. The van der Waals surface area contributed by atoms with Gasteiger partial charge in [-0.25, -0.2) is 0 Å². The van der Waals surface area contributed by atoms with Gasteiger partial charge in [-0.2, -0.15) is 0 Å². The van der Waals surface area contributed by atoms with Crippen molar-refractivity contribution in [2.24, 2.45) is 0 Å². The summed E-state index contributed by atoms with van der Waals surface area (Å²) in [5.41, 5.74) is 0.812. The van der Waals surface area contributed by atoms with Crippen molar-refractivity contribution in [3.05, 3.63) is 29.6 Å². The summed E-state index contributed by atoms with van der Waals surface area (Å²) < 4.78 is 0. The van der Waals surface area contributed by atoms with Crippen LogP contribution in [0.4, 0.5) is 0 Å². The van der Waals surface area contributed by atoms with Gasteiger partial charge in [-0.3, -0.25) is 19.4 Å². The van der Waals surface area contributed by atoms with E-state index in [0.717, 1.165) is 45.2 Å². The zero-order valence-electron chi connectivity index (χ0n) is 14.4. The van der Waals surface area contributed by atoms with Crippen LogP contribution in [0.1, 0.15) is 46.5 Å². The molecule has 3 rings (SSSR count). The molecule has 134 valence electrons. The molecule has 3 heterocycles. The van der Waals surface area contributed by atoms with Gasteiger partial charge < -0.3 is 14.7 Å². The number of carbonyl (C=O) groups excluding carboxylic acids is 3. The molecule has 0 bridgehead atoms. The first-order valence-electron chi connectivity index (χ1n) is 8.93. The van der Waals surface area contributed by atoms with Gasteiger partial charge in [0.1, 0.15) is 5.69 Å². The van der Waals surface area contributed by atoms with E-state index in [0.29, 0.717) is 37.4 Å². The topological polar surface area (TPSA) is 73.8 Å². The third-order valence-corrected chi connectivity index (χ3v) is 4.87. The van der Waals surface area contributed by atoms with Crippen molar-refractivity contribution >= 4 is 18.2 Å². The maximum atomic E-state index is 12.7. The van der Waals surface area contributed by atoms with Crippen LogP contribution in [-0.2, 0) is 4.79 Å². The fourth-order valence-electron chi connectivity index (χ4n) is 3.33. The molecule has 0 N–H and O–H groups in total. The first kappa shape index (κ1) is 17.4. The van der Waals surface area contributed by atoms with Crippen LogP contribution in [0.2, 0.25) is 0 Å². The summed E-state index contributed by atoms with van der Waals surface area (Å²) in [6.07, 6.45) is 6.72. The van der Waals surface area contributed by atoms with Crippen LogP contribution in [0.25, 0.3) is 0 Å². The lowest BCUT2D eigenvalue weighted by molar-refractivity contribution is -0.119. The quantitative estimate of drug-likeness (QED) is 0.767. The first-order valence-corrected chi connectivity index (χ1v) is 8.93. The minimum Gasteiger partial charge on any atom is -0.342 e. The molecule has 0 atom stereocenters. The van der Waals surface area contributed by atoms with Gasteiger partial charge in [-0.15, -0.1) is 0 Å². The Morgan fingerprint density at radius 1 is 0.880 bits per heavy atom. The summed E-state index contributed by atoms with van der Waals surface area (Å²) in [7, 11) is 0. The Kier molecular flexibility index (Phi) is 5.63. The van der Waals surface area contributed by atoms with Crippen LogP contribution in [0.15, 0.2) is 18.3 Å². The van der Waals surface area contributed by atoms with Crippen LogP contribution in [0.5, 0.6) is 0 Å². The molecule has 3 amide bonds. The number of aromatic nitrogens is 1. The number of pyridine rings is 1. The molecule has 2 saturated heterocycles. The van der Waals surface area contributed by atoms with E-state index in [1.54, 1.807) is 21.9 Å². The minimum atomic E-state index is -0.184. The second kappa shape index (κ2) is 8.09. The van der Waals surface area contributed by atoms with Gasteiger partial charge in [0.15, 0.2) is 0 Å². The summed E-state index contributed by atoms with van der Waals surface area (Å²) in [5.74, 6) is -0.208. The van der Waals surface area contributed by atoms with Gasteiger partial charge in [0, 0.05) is 51.0 Å². The highest BCUT2D eigenvalue weighted by molar-refractivity contribution is 5.98. The molecule has 2 aliphatic heterocycles. The fraction of sp³-hybridized carbons (Fsp3) is 0.556. The second-order valence-corrected chi connectivity index (χ2v) is 6.57. The maximum Gasteiger partial charge on any atom is 0.272 e. The van der Waals surface area contributed by atoms with Crippen molar-refractivity contribution < 1.29 is 14.4 Å². The fourth-order valence-corrected chi connectivity index (χ4v) is 3.33. The Morgan fingerprint density at radius 2 is 1.52 bits per heavy atom. The van der Waals surface area contributed by atoms with Crippen LogP contribution in [0, 0.1) is 0 Å². The van der Waals surface area contributed by atoms with Crippen molar-refractivity contribution in [3.8, 4) is 0 Å². The normalized spacial score (nSPS) is 18.6. The smallest absolute Gasteiger partial charge is 0.272 e. The van der Waals surface area contributed by atoms with Gasteiger partial charge in [-0.1, -0.05) is 12.8 Å². The molecule has 0 radical (unpaired) electrons. The Bertz CT molecular complexity index is 633. The van der Waals surface area contributed by atoms with E-state index in [1.165, 1.54) is 6.20 Å². The van der Waals surface area contributed by atoms with E-state index >= 15 is 0 Å². The lowest BCUT2D eigenvalue weighted by Crippen LogP contribution is -2.48. The average molecular weight is 344 g/mol. The average Bonchev–Trinajstić information content (AvgIpc) is 2.96. The molecule has 0 aromatic carbocycles. The van der Waals surface area contributed by atoms with Crippen LogP contribution < -0.4 is 0 Å². The molecule has 0 unspecified atom stereocenters. The molecule has 2 fully saturated rings. The number of rotatable bonds is 3. The number of carbonyl (C=O) groups is 3. The van der Waals surface area contributed by atoms with Crippen molar-refractivity contribution in [1.82, 2.24) is 19.7 Å². The summed E-state index contributed by atoms with van der Waals surface area (Å²) in [4.78, 5) is 45.5. The molecule has 1 aromatic heterocycles. The highest BCUT2D eigenvalue weighted by atomic mass is 16.2. The van der Waals surface area contributed by atoms with Crippen molar-refractivity contribution in [3.63, 3.8) is 0 Å². The Morgan fingerprint density at radius 3 is 2.16 bits per heavy atom. The third kappa shape index (κ3) is 4.15. The van der Waals surface area contributed by atoms with E-state index in [9.17, 15) is 14.4 Å². The third-order valence-electron chi connectivity index (χ3n) is 4.87. The summed E-state index contributed by atoms with van der Waals surface area (Å²) in [5, 5.41) is 0. The molecule has 25 heavy (non-hydrogen) atoms. The minimum absolute atomic E-state index is 0.0240. The lowest BCUT2D eigenvalue weighted by atomic mass is 10.1. The van der Waals surface area contributed by atoms with E-state index in [4.69, 9.17) is 0 Å². The van der Waals surface area contributed by atoms with Crippen molar-refractivity contribution in [1.29, 1.82) is 0 Å². The molecule has 7 heteroatoms. The lowest BCUT2D eigenvalue weighted by Gasteiger charge is -2.32. The summed E-state index contributed by atoms with van der Waals surface area (Å²) in [6.45, 7) is 3.59. The van der Waals surface area contributed by atoms with E-state index in [-0.39, 0.29) is 11.8 Å². The van der Waals surface area contributed by atoms with Gasteiger partial charge in [0.25, 0.3) is 11.8 Å². The number of hydrogen-bond donors (Lipinski definition) is 0. The monoisotopic (exact) mass is 344 g/mol. The number of nitrogens with zero attached hydrogens (tertiary/aromatic N) is 4. The van der Waals surface area contributed by atoms with E-state index in [2.05, 4.69) is 4.98 Å². The Labute approximate surface area is 147 Å². The van der Waals surface area contributed by atoms with Crippen molar-refractivity contribution in [2.75, 3.05) is 39.3 Å². The molecule has 0 aliphatic carbocycles. The summed E-state index contributed by atoms with van der Waals surface area (Å²) in [6, 6.07) is 3.27. The predicted molar refractivity (Wildman–Crippen MR) is 92.1 cm³/mol. The number of piperazine rings is 1. The second-order valence-electron chi connectivity index (χ2n) is 6.57. The van der Waals surface area contributed by atoms with Gasteiger partial charge in [-0.05, 0) is 25.0 Å². The highest BCUT2D eigenvalue weighted by Crippen LogP contribution is 2.15. The number of likely N-dealkylation sites (tertiary alicyclic amines) is 1. The molecule has 2 aliphatic rings. The van der Waals surface area contributed by atoms with Crippen LogP contribution in [-0.4, -0.2) is 77.2 Å². The number of amides is 3. The molecular formula is C18H24N4O3. The standard InChI is InChI=1S/C18H24N4O3/c23-14-20-9-11-22(12-10-20)18(25)16-13-15(5-6-19-16)17(24)21-7-3-1-2-4-8-21/h5-6,13-14H,1-4,7-12H2. The van der Waals surface area contributed by atoms with E-state index in [1.807, 2.05) is 4.90 Å². The molecule has 0 saturated carbocycles. The van der Waals surface area contributed by atoms with Gasteiger partial charge >= 0.3 is 0 Å². The predicted octanol–water partition coefficient (Wildman–Crippen LogP) is 1.01. The molecular weight excluding hydrogens is 320 g/mol. The zero-order chi connectivity index (χ0) is 17.6. The molecule has 7 nitrogen and oxygen atoms in total. The first-order chi connectivity index (χ1) is 12.2. The van der Waals surface area contributed by atoms with Crippen LogP contribution >= 0.6 is 0 Å². The summed E-state index contributed by atoms with van der Waals surface area (Å²) >= 11 is 0. The largest absolute Gasteiger partial charge is 0.342 e. The molecule has 1 aromatic rings. The zero-order valence-corrected chi connectivity index (χ0v) is 14.4. The van der Waals surface area contributed by atoms with Gasteiger partial charge in [0.2, 0.25) is 6.41 Å². The van der Waals surface area contributed by atoms with Crippen LogP contribution in [0.3, 0.4) is 0 Å². The molecule has 0 spiro atoms. The highest BCUT2D eigenvalue weighted by Gasteiger charge is 2.24. The van der Waals surface area contributed by atoms with E-state index < -0.39 is 0 Å². The Balaban J connectivity index is 1.69. The maximum absolute atomic E-state index is 12.7. The SMILES string of the molecule is O=CN1CCN(C(=O)c2cc(C(=O)N3CCCCCC3)ccn2)CC1. The van der Waals surface area contributed by atoms with Crippen molar-refractivity contribution in [2.45, 2.75) is 25.7 Å². The Hall–Kier alpha value is -2.44.